The highest BCUT2D eigenvalue weighted by Crippen LogP contribution is 2.34. The van der Waals surface area contributed by atoms with Crippen LogP contribution < -0.4 is 9.64 Å². The van der Waals surface area contributed by atoms with Gasteiger partial charge in [0.25, 0.3) is 0 Å². The maximum Gasteiger partial charge on any atom is 0.246 e. The fourth-order valence-electron chi connectivity index (χ4n) is 3.81. The lowest BCUT2D eigenvalue weighted by Crippen LogP contribution is -2.41. The summed E-state index contributed by atoms with van der Waals surface area (Å²) in [5.41, 5.74) is 0.154. The number of hydrogen-bond donors (Lipinski definition) is 0. The van der Waals surface area contributed by atoms with E-state index in [4.69, 9.17) is 4.74 Å². The van der Waals surface area contributed by atoms with Gasteiger partial charge in [-0.1, -0.05) is 0 Å². The lowest BCUT2D eigenvalue weighted by molar-refractivity contribution is -0.138. The average Bonchev–Trinajstić information content (AvgIpc) is 3.24. The van der Waals surface area contributed by atoms with E-state index in [0.29, 0.717) is 38.2 Å². The van der Waals surface area contributed by atoms with Crippen molar-refractivity contribution in [3.63, 3.8) is 0 Å². The molecule has 0 N–H and O–H groups in total. The Bertz CT molecular complexity index is 931. The molecule has 1 saturated heterocycles. The number of hydrazone groups is 1. The molecule has 9 heteroatoms. The summed E-state index contributed by atoms with van der Waals surface area (Å²) >= 11 is 0. The number of ether oxygens (including phenoxy) is 1. The Morgan fingerprint density at radius 3 is 2.72 bits per heavy atom. The first-order chi connectivity index (χ1) is 14.1. The molecule has 2 aliphatic rings. The second-order valence-electron chi connectivity index (χ2n) is 7.08. The van der Waals surface area contributed by atoms with Gasteiger partial charge in [0.2, 0.25) is 11.8 Å². The molecule has 1 aromatic carbocycles. The lowest BCUT2D eigenvalue weighted by atomic mass is 9.94. The van der Waals surface area contributed by atoms with Gasteiger partial charge >= 0.3 is 0 Å². The number of hydrogen-bond acceptors (Lipinski definition) is 6. The molecule has 2 aromatic rings. The van der Waals surface area contributed by atoms with E-state index in [1.165, 1.54) is 11.3 Å². The monoisotopic (exact) mass is 401 g/mol. The molecular formula is C20H21F2N5O2. The third-order valence-corrected chi connectivity index (χ3v) is 5.38. The molecular weight excluding hydrogens is 380 g/mol. The molecule has 7 nitrogen and oxygen atoms in total. The van der Waals surface area contributed by atoms with Crippen LogP contribution in [0.25, 0.3) is 0 Å². The quantitative estimate of drug-likeness (QED) is 0.788. The molecule has 0 saturated carbocycles. The van der Waals surface area contributed by atoms with Gasteiger partial charge in [0, 0.05) is 43.3 Å². The van der Waals surface area contributed by atoms with Crippen molar-refractivity contribution in [2.75, 3.05) is 25.1 Å². The van der Waals surface area contributed by atoms with Gasteiger partial charge in [-0.25, -0.2) is 23.8 Å². The second-order valence-corrected chi connectivity index (χ2v) is 7.08. The molecule has 2 aliphatic heterocycles. The molecule has 3 heterocycles. The minimum Gasteiger partial charge on any atom is -0.481 e. The van der Waals surface area contributed by atoms with E-state index < -0.39 is 17.7 Å². The third-order valence-electron chi connectivity index (χ3n) is 5.38. The summed E-state index contributed by atoms with van der Waals surface area (Å²) in [6, 6.07) is 4.44. The van der Waals surface area contributed by atoms with E-state index in [0.717, 1.165) is 24.0 Å². The SMILES string of the molecule is COc1cc(N2CCC(C(=O)N3N=CCC3c3cc(F)ccc3F)CC2)ncn1. The molecule has 1 fully saturated rings. The van der Waals surface area contributed by atoms with Crippen molar-refractivity contribution >= 4 is 17.9 Å². The van der Waals surface area contributed by atoms with Crippen molar-refractivity contribution in [2.45, 2.75) is 25.3 Å². The van der Waals surface area contributed by atoms with E-state index in [1.54, 1.807) is 19.4 Å². The standard InChI is InChI=1S/C20H21F2N5O2/c1-29-19-11-18(23-12-24-19)26-8-5-13(6-9-26)20(28)27-17(4-7-25-27)15-10-14(21)2-3-16(15)22/h2-3,7,10-13,17H,4-6,8-9H2,1H3. The molecule has 29 heavy (non-hydrogen) atoms. The van der Waals surface area contributed by atoms with Crippen molar-refractivity contribution in [1.82, 2.24) is 15.0 Å². The number of piperidine rings is 1. The molecule has 4 rings (SSSR count). The Kier molecular flexibility index (Phi) is 5.37. The molecule has 0 aliphatic carbocycles. The molecule has 152 valence electrons. The van der Waals surface area contributed by atoms with Crippen molar-refractivity contribution in [1.29, 1.82) is 0 Å². The number of carbonyl (C=O) groups is 1. The van der Waals surface area contributed by atoms with Crippen molar-refractivity contribution in [3.05, 3.63) is 47.8 Å². The highest BCUT2D eigenvalue weighted by Gasteiger charge is 2.36. The van der Waals surface area contributed by atoms with Crippen molar-refractivity contribution in [3.8, 4) is 5.88 Å². The minimum atomic E-state index is -0.609. The fourth-order valence-corrected chi connectivity index (χ4v) is 3.81. The van der Waals surface area contributed by atoms with Crippen LogP contribution in [0.15, 0.2) is 35.7 Å². The van der Waals surface area contributed by atoms with Crippen LogP contribution in [0.4, 0.5) is 14.6 Å². The summed E-state index contributed by atoms with van der Waals surface area (Å²) in [6.45, 7) is 1.29. The summed E-state index contributed by atoms with van der Waals surface area (Å²) in [5, 5.41) is 5.47. The highest BCUT2D eigenvalue weighted by atomic mass is 19.1. The van der Waals surface area contributed by atoms with Crippen LogP contribution >= 0.6 is 0 Å². The van der Waals surface area contributed by atoms with E-state index in [9.17, 15) is 13.6 Å². The first-order valence-corrected chi connectivity index (χ1v) is 9.48. The van der Waals surface area contributed by atoms with Gasteiger partial charge in [-0.05, 0) is 31.0 Å². The molecule has 0 spiro atoms. The zero-order valence-corrected chi connectivity index (χ0v) is 16.0. The molecule has 1 unspecified atom stereocenters. The zero-order chi connectivity index (χ0) is 20.4. The zero-order valence-electron chi connectivity index (χ0n) is 16.0. The Morgan fingerprint density at radius 2 is 1.97 bits per heavy atom. The topological polar surface area (TPSA) is 70.9 Å². The van der Waals surface area contributed by atoms with Gasteiger partial charge in [-0.2, -0.15) is 5.10 Å². The third kappa shape index (κ3) is 3.90. The summed E-state index contributed by atoms with van der Waals surface area (Å²) in [6.07, 6.45) is 4.63. The number of benzene rings is 1. The molecule has 1 aromatic heterocycles. The van der Waals surface area contributed by atoms with Gasteiger partial charge in [0.05, 0.1) is 13.2 Å². The minimum absolute atomic E-state index is 0.154. The summed E-state index contributed by atoms with van der Waals surface area (Å²) in [5.74, 6) is -0.223. The molecule has 0 bridgehead atoms. The van der Waals surface area contributed by atoms with Crippen molar-refractivity contribution in [2.24, 2.45) is 11.0 Å². The van der Waals surface area contributed by atoms with Crippen LogP contribution in [0.5, 0.6) is 5.88 Å². The van der Waals surface area contributed by atoms with E-state index in [-0.39, 0.29) is 17.4 Å². The predicted octanol–water partition coefficient (Wildman–Crippen LogP) is 2.94. The number of nitrogens with zero attached hydrogens (tertiary/aromatic N) is 5. The first kappa shape index (κ1) is 19.2. The van der Waals surface area contributed by atoms with E-state index >= 15 is 0 Å². The average molecular weight is 401 g/mol. The van der Waals surface area contributed by atoms with Gasteiger partial charge in [0.15, 0.2) is 0 Å². The van der Waals surface area contributed by atoms with Crippen LogP contribution in [0, 0.1) is 17.6 Å². The smallest absolute Gasteiger partial charge is 0.246 e. The Hall–Kier alpha value is -3.10. The van der Waals surface area contributed by atoms with Gasteiger partial charge < -0.3 is 9.64 Å². The molecule has 1 amide bonds. The number of anilines is 1. The predicted molar refractivity (Wildman–Crippen MR) is 103 cm³/mol. The molecule has 1 atom stereocenters. The van der Waals surface area contributed by atoms with Crippen LogP contribution in [0.3, 0.4) is 0 Å². The summed E-state index contributed by atoms with van der Waals surface area (Å²) in [7, 11) is 1.55. The number of rotatable bonds is 4. The number of methoxy groups -OCH3 is 1. The van der Waals surface area contributed by atoms with Crippen LogP contribution in [0.2, 0.25) is 0 Å². The van der Waals surface area contributed by atoms with E-state index in [2.05, 4.69) is 20.0 Å². The largest absolute Gasteiger partial charge is 0.481 e. The Morgan fingerprint density at radius 1 is 1.17 bits per heavy atom. The van der Waals surface area contributed by atoms with Crippen LogP contribution in [-0.2, 0) is 4.79 Å². The number of amides is 1. The van der Waals surface area contributed by atoms with Gasteiger partial charge in [0.1, 0.15) is 23.8 Å². The Balaban J connectivity index is 1.43. The normalized spacial score (nSPS) is 19.6. The number of halogens is 2. The Labute approximate surface area is 167 Å². The van der Waals surface area contributed by atoms with Crippen LogP contribution in [-0.4, -0.2) is 47.3 Å². The fraction of sp³-hybridized carbons (Fsp3) is 0.400. The maximum atomic E-state index is 14.2. The number of carbonyl (C=O) groups excluding carboxylic acids is 1. The van der Waals surface area contributed by atoms with Crippen molar-refractivity contribution < 1.29 is 18.3 Å². The maximum absolute atomic E-state index is 14.2. The van der Waals surface area contributed by atoms with Crippen LogP contribution in [0.1, 0.15) is 30.9 Å². The molecule has 0 radical (unpaired) electrons. The van der Waals surface area contributed by atoms with E-state index in [1.807, 2.05) is 0 Å². The second kappa shape index (κ2) is 8.10. The summed E-state index contributed by atoms with van der Waals surface area (Å²) < 4.78 is 33.0. The lowest BCUT2D eigenvalue weighted by Gasteiger charge is -2.34. The highest BCUT2D eigenvalue weighted by molar-refractivity contribution is 5.82. The summed E-state index contributed by atoms with van der Waals surface area (Å²) in [4.78, 5) is 23.4. The first-order valence-electron chi connectivity index (χ1n) is 9.48. The van der Waals surface area contributed by atoms with Gasteiger partial charge in [-0.3, -0.25) is 4.79 Å². The number of aromatic nitrogens is 2. The van der Waals surface area contributed by atoms with Gasteiger partial charge in [-0.15, -0.1) is 0 Å².